The summed E-state index contributed by atoms with van der Waals surface area (Å²) in [4.78, 5) is 4.49. The van der Waals surface area contributed by atoms with Crippen molar-refractivity contribution in [3.8, 4) is 0 Å². The lowest BCUT2D eigenvalue weighted by atomic mass is 10.3. The molecule has 1 N–H and O–H groups in total. The number of nitrogens with zero attached hydrogens (tertiary/aromatic N) is 3. The maximum absolute atomic E-state index is 4.49. The SMILES string of the molecule is Cc1ccnnc1Nc1nc2ccccc2s1. The number of thiazole rings is 1. The molecule has 2 aromatic heterocycles. The number of benzene rings is 1. The van der Waals surface area contributed by atoms with E-state index < -0.39 is 0 Å². The number of aryl methyl sites for hydroxylation is 1. The number of fused-ring (bicyclic) bond motifs is 1. The van der Waals surface area contributed by atoms with Gasteiger partial charge in [0.25, 0.3) is 0 Å². The topological polar surface area (TPSA) is 50.7 Å². The van der Waals surface area contributed by atoms with Crippen LogP contribution in [0.25, 0.3) is 10.2 Å². The molecule has 0 saturated heterocycles. The Morgan fingerprint density at radius 3 is 2.88 bits per heavy atom. The first-order chi connectivity index (χ1) is 8.33. The summed E-state index contributed by atoms with van der Waals surface area (Å²) in [5.74, 6) is 0.756. The van der Waals surface area contributed by atoms with Crippen LogP contribution < -0.4 is 5.32 Å². The van der Waals surface area contributed by atoms with Gasteiger partial charge >= 0.3 is 0 Å². The van der Waals surface area contributed by atoms with Gasteiger partial charge in [-0.05, 0) is 30.7 Å². The number of hydrogen-bond acceptors (Lipinski definition) is 5. The summed E-state index contributed by atoms with van der Waals surface area (Å²) in [6.07, 6.45) is 1.68. The number of hydrogen-bond donors (Lipinski definition) is 1. The van der Waals surface area contributed by atoms with E-state index in [1.807, 2.05) is 31.2 Å². The van der Waals surface area contributed by atoms with Gasteiger partial charge in [-0.25, -0.2) is 4.98 Å². The molecule has 5 heteroatoms. The van der Waals surface area contributed by atoms with Crippen molar-refractivity contribution in [1.82, 2.24) is 15.2 Å². The Balaban J connectivity index is 1.98. The van der Waals surface area contributed by atoms with E-state index in [9.17, 15) is 0 Å². The van der Waals surface area contributed by atoms with Gasteiger partial charge in [-0.15, -0.1) is 5.10 Å². The molecule has 0 bridgehead atoms. The van der Waals surface area contributed by atoms with Crippen LogP contribution in [-0.2, 0) is 0 Å². The maximum Gasteiger partial charge on any atom is 0.189 e. The second-order valence-electron chi connectivity index (χ2n) is 3.67. The normalized spacial score (nSPS) is 10.6. The Morgan fingerprint density at radius 1 is 1.18 bits per heavy atom. The van der Waals surface area contributed by atoms with E-state index in [2.05, 4.69) is 26.6 Å². The van der Waals surface area contributed by atoms with Gasteiger partial charge in [0, 0.05) is 0 Å². The average molecular weight is 242 g/mol. The Morgan fingerprint density at radius 2 is 2.06 bits per heavy atom. The molecule has 0 fully saturated rings. The third-order valence-corrected chi connectivity index (χ3v) is 3.39. The monoisotopic (exact) mass is 242 g/mol. The van der Waals surface area contributed by atoms with Gasteiger partial charge in [-0.1, -0.05) is 23.5 Å². The highest BCUT2D eigenvalue weighted by Gasteiger charge is 2.05. The van der Waals surface area contributed by atoms with Crippen molar-refractivity contribution in [2.24, 2.45) is 0 Å². The quantitative estimate of drug-likeness (QED) is 0.750. The first-order valence-corrected chi connectivity index (χ1v) is 6.05. The second-order valence-corrected chi connectivity index (χ2v) is 4.71. The van der Waals surface area contributed by atoms with Gasteiger partial charge in [0.2, 0.25) is 0 Å². The Kier molecular flexibility index (Phi) is 2.45. The number of para-hydroxylation sites is 1. The fourth-order valence-corrected chi connectivity index (χ4v) is 2.41. The minimum atomic E-state index is 0.756. The van der Waals surface area contributed by atoms with Gasteiger partial charge in [0.05, 0.1) is 16.4 Å². The molecule has 0 amide bonds. The van der Waals surface area contributed by atoms with Crippen molar-refractivity contribution in [3.05, 3.63) is 42.1 Å². The summed E-state index contributed by atoms with van der Waals surface area (Å²) in [5.41, 5.74) is 2.06. The van der Waals surface area contributed by atoms with E-state index in [-0.39, 0.29) is 0 Å². The molecule has 0 aliphatic rings. The molecule has 4 nitrogen and oxygen atoms in total. The molecule has 0 atom stereocenters. The van der Waals surface area contributed by atoms with Crippen LogP contribution >= 0.6 is 11.3 Å². The minimum absolute atomic E-state index is 0.756. The average Bonchev–Trinajstić information content (AvgIpc) is 2.74. The third-order valence-electron chi connectivity index (χ3n) is 2.44. The summed E-state index contributed by atoms with van der Waals surface area (Å²) >= 11 is 1.61. The smallest absolute Gasteiger partial charge is 0.189 e. The first-order valence-electron chi connectivity index (χ1n) is 5.24. The van der Waals surface area contributed by atoms with E-state index >= 15 is 0 Å². The summed E-state index contributed by atoms with van der Waals surface area (Å²) < 4.78 is 1.16. The Hall–Kier alpha value is -2.01. The predicted molar refractivity (Wildman–Crippen MR) is 69.7 cm³/mol. The molecule has 3 aromatic rings. The highest BCUT2D eigenvalue weighted by atomic mass is 32.1. The Labute approximate surface area is 102 Å². The molecule has 0 radical (unpaired) electrons. The van der Waals surface area contributed by atoms with Gasteiger partial charge in [0.1, 0.15) is 0 Å². The zero-order chi connectivity index (χ0) is 11.7. The van der Waals surface area contributed by atoms with Crippen LogP contribution in [0.2, 0.25) is 0 Å². The molecule has 0 saturated carbocycles. The van der Waals surface area contributed by atoms with Crippen molar-refractivity contribution in [1.29, 1.82) is 0 Å². The highest BCUT2D eigenvalue weighted by molar-refractivity contribution is 7.22. The van der Waals surface area contributed by atoms with E-state index in [0.29, 0.717) is 0 Å². The summed E-state index contributed by atoms with van der Waals surface area (Å²) in [5, 5.41) is 11.9. The van der Waals surface area contributed by atoms with Gasteiger partial charge in [-0.3, -0.25) is 0 Å². The van der Waals surface area contributed by atoms with Crippen LogP contribution in [0.1, 0.15) is 5.56 Å². The first kappa shape index (κ1) is 10.2. The van der Waals surface area contributed by atoms with Crippen molar-refractivity contribution < 1.29 is 0 Å². The lowest BCUT2D eigenvalue weighted by Crippen LogP contribution is -1.96. The van der Waals surface area contributed by atoms with Crippen LogP contribution in [0.15, 0.2) is 36.5 Å². The molecule has 0 unspecified atom stereocenters. The standard InChI is InChI=1S/C12H10N4S/c1-8-6-7-13-16-11(8)15-12-14-9-4-2-3-5-10(9)17-12/h2-7H,1H3,(H,14,15,16). The molecule has 0 spiro atoms. The van der Waals surface area contributed by atoms with E-state index in [4.69, 9.17) is 0 Å². The van der Waals surface area contributed by atoms with E-state index in [0.717, 1.165) is 26.7 Å². The van der Waals surface area contributed by atoms with Crippen molar-refractivity contribution in [2.45, 2.75) is 6.92 Å². The zero-order valence-electron chi connectivity index (χ0n) is 9.21. The Bertz CT molecular complexity index is 629. The van der Waals surface area contributed by atoms with Crippen LogP contribution in [0.5, 0.6) is 0 Å². The molecular weight excluding hydrogens is 232 g/mol. The van der Waals surface area contributed by atoms with Crippen molar-refractivity contribution in [2.75, 3.05) is 5.32 Å². The zero-order valence-corrected chi connectivity index (χ0v) is 10.0. The van der Waals surface area contributed by atoms with Crippen LogP contribution in [0, 0.1) is 6.92 Å². The third kappa shape index (κ3) is 1.97. The fourth-order valence-electron chi connectivity index (χ4n) is 1.54. The number of anilines is 2. The minimum Gasteiger partial charge on any atom is -0.314 e. The van der Waals surface area contributed by atoms with Gasteiger partial charge in [0.15, 0.2) is 10.9 Å². The molecule has 1 aromatic carbocycles. The number of rotatable bonds is 2. The van der Waals surface area contributed by atoms with Crippen LogP contribution in [-0.4, -0.2) is 15.2 Å². The van der Waals surface area contributed by atoms with E-state index in [1.54, 1.807) is 17.5 Å². The lowest BCUT2D eigenvalue weighted by Gasteiger charge is -2.02. The van der Waals surface area contributed by atoms with Gasteiger partial charge < -0.3 is 5.32 Å². The fraction of sp³-hybridized carbons (Fsp3) is 0.0833. The molecule has 0 aliphatic carbocycles. The highest BCUT2D eigenvalue weighted by Crippen LogP contribution is 2.27. The van der Waals surface area contributed by atoms with Crippen LogP contribution in [0.4, 0.5) is 10.9 Å². The molecule has 84 valence electrons. The molecule has 17 heavy (non-hydrogen) atoms. The number of nitrogens with one attached hydrogen (secondary N) is 1. The predicted octanol–water partition coefficient (Wildman–Crippen LogP) is 3.14. The molecule has 3 rings (SSSR count). The molecule has 0 aliphatic heterocycles. The summed E-state index contributed by atoms with van der Waals surface area (Å²) in [6.45, 7) is 1.99. The van der Waals surface area contributed by atoms with Crippen molar-refractivity contribution in [3.63, 3.8) is 0 Å². The van der Waals surface area contributed by atoms with Gasteiger partial charge in [-0.2, -0.15) is 5.10 Å². The van der Waals surface area contributed by atoms with Crippen LogP contribution in [0.3, 0.4) is 0 Å². The molecule has 2 heterocycles. The summed E-state index contributed by atoms with van der Waals surface area (Å²) in [6, 6.07) is 9.97. The number of aromatic nitrogens is 3. The maximum atomic E-state index is 4.49. The van der Waals surface area contributed by atoms with E-state index in [1.165, 1.54) is 0 Å². The lowest BCUT2D eigenvalue weighted by molar-refractivity contribution is 1.02. The largest absolute Gasteiger partial charge is 0.314 e. The molecular formula is C12H10N4S. The second kappa shape index (κ2) is 4.10. The summed E-state index contributed by atoms with van der Waals surface area (Å²) in [7, 11) is 0. The van der Waals surface area contributed by atoms with Crippen molar-refractivity contribution >= 4 is 32.5 Å².